The molecule has 23 heavy (non-hydrogen) atoms. The summed E-state index contributed by atoms with van der Waals surface area (Å²) in [7, 11) is 3.36. The van der Waals surface area contributed by atoms with E-state index in [4.69, 9.17) is 15.2 Å². The summed E-state index contributed by atoms with van der Waals surface area (Å²) in [6.07, 6.45) is 1.95. The number of methoxy groups -OCH3 is 2. The number of halogens is 1. The van der Waals surface area contributed by atoms with Crippen molar-refractivity contribution in [1.29, 1.82) is 0 Å². The first-order valence-corrected chi connectivity index (χ1v) is 7.61. The molecular formula is C19H28ClNO2. The van der Waals surface area contributed by atoms with Crippen molar-refractivity contribution >= 4 is 12.4 Å². The van der Waals surface area contributed by atoms with Gasteiger partial charge in [-0.1, -0.05) is 48.9 Å². The minimum absolute atomic E-state index is 0. The summed E-state index contributed by atoms with van der Waals surface area (Å²) in [6, 6.07) is 14.6. The molecule has 0 saturated carbocycles. The van der Waals surface area contributed by atoms with E-state index >= 15 is 0 Å². The second-order valence-electron chi connectivity index (χ2n) is 5.05. The Labute approximate surface area is 146 Å². The van der Waals surface area contributed by atoms with Gasteiger partial charge in [0.2, 0.25) is 0 Å². The first-order chi connectivity index (χ1) is 10.7. The predicted octanol–water partition coefficient (Wildman–Crippen LogP) is 4.18. The van der Waals surface area contributed by atoms with Crippen molar-refractivity contribution in [2.24, 2.45) is 5.73 Å². The molecule has 0 saturated heterocycles. The second kappa shape index (κ2) is 11.8. The molecule has 0 atom stereocenters. The predicted molar refractivity (Wildman–Crippen MR) is 100 cm³/mol. The molecule has 0 bridgehead atoms. The molecule has 0 unspecified atom stereocenters. The van der Waals surface area contributed by atoms with Gasteiger partial charge in [-0.2, -0.15) is 0 Å². The Hall–Kier alpha value is -1.71. The van der Waals surface area contributed by atoms with E-state index in [1.807, 2.05) is 19.1 Å². The van der Waals surface area contributed by atoms with Crippen molar-refractivity contribution in [3.05, 3.63) is 59.2 Å². The first kappa shape index (κ1) is 21.3. The minimum Gasteiger partial charge on any atom is -0.493 e. The lowest BCUT2D eigenvalue weighted by Crippen LogP contribution is -1.98. The molecule has 2 N–H and O–H groups in total. The molecule has 3 nitrogen and oxygen atoms in total. The molecule has 0 heterocycles. The van der Waals surface area contributed by atoms with Crippen LogP contribution in [0.4, 0.5) is 0 Å². The van der Waals surface area contributed by atoms with Gasteiger partial charge in [-0.25, -0.2) is 0 Å². The Kier molecular flexibility index (Phi) is 10.9. The van der Waals surface area contributed by atoms with Gasteiger partial charge in [-0.15, -0.1) is 12.4 Å². The number of ether oxygens (including phenoxy) is 2. The van der Waals surface area contributed by atoms with Gasteiger partial charge in [0, 0.05) is 0 Å². The van der Waals surface area contributed by atoms with Gasteiger partial charge in [-0.05, 0) is 43.5 Å². The lowest BCUT2D eigenvalue weighted by Gasteiger charge is -2.12. The molecule has 0 aliphatic heterocycles. The Morgan fingerprint density at radius 3 is 2.17 bits per heavy atom. The maximum absolute atomic E-state index is 5.45. The van der Waals surface area contributed by atoms with Crippen LogP contribution in [0, 0.1) is 6.92 Å². The monoisotopic (exact) mass is 337 g/mol. The smallest absolute Gasteiger partial charge is 0.163 e. The molecule has 0 aliphatic carbocycles. The normalized spacial score (nSPS) is 9.26. The van der Waals surface area contributed by atoms with Crippen molar-refractivity contribution in [2.75, 3.05) is 20.8 Å². The van der Waals surface area contributed by atoms with Crippen LogP contribution in [0.25, 0.3) is 0 Å². The number of aryl methyl sites for hydroxylation is 3. The summed E-state index contributed by atoms with van der Waals surface area (Å²) >= 11 is 0. The molecule has 2 rings (SSSR count). The maximum Gasteiger partial charge on any atom is 0.163 e. The zero-order valence-electron chi connectivity index (χ0n) is 14.5. The van der Waals surface area contributed by atoms with Gasteiger partial charge in [-0.3, -0.25) is 0 Å². The highest BCUT2D eigenvalue weighted by Crippen LogP contribution is 2.31. The summed E-state index contributed by atoms with van der Waals surface area (Å²) in [5.74, 6) is 1.64. The maximum atomic E-state index is 5.45. The highest BCUT2D eigenvalue weighted by Gasteiger charge is 2.09. The summed E-state index contributed by atoms with van der Waals surface area (Å²) in [4.78, 5) is 0. The van der Waals surface area contributed by atoms with Crippen LogP contribution in [-0.4, -0.2) is 20.8 Å². The van der Waals surface area contributed by atoms with Crippen LogP contribution in [0.15, 0.2) is 42.5 Å². The SMILES string of the molecule is CCN.COc1cccc(CCc2cccc(C)c2)c1OC.Cl. The summed E-state index contributed by atoms with van der Waals surface area (Å²) in [5.41, 5.74) is 8.68. The number of nitrogens with two attached hydrogens (primary N) is 1. The number of hydrogen-bond donors (Lipinski definition) is 1. The lowest BCUT2D eigenvalue weighted by molar-refractivity contribution is 0.351. The fourth-order valence-electron chi connectivity index (χ4n) is 2.30. The van der Waals surface area contributed by atoms with Crippen molar-refractivity contribution in [1.82, 2.24) is 0 Å². The highest BCUT2D eigenvalue weighted by molar-refractivity contribution is 5.85. The van der Waals surface area contributed by atoms with E-state index in [1.54, 1.807) is 14.2 Å². The van der Waals surface area contributed by atoms with Crippen LogP contribution >= 0.6 is 12.4 Å². The van der Waals surface area contributed by atoms with E-state index in [0.717, 1.165) is 30.9 Å². The third-order valence-electron chi connectivity index (χ3n) is 3.25. The largest absolute Gasteiger partial charge is 0.493 e. The third-order valence-corrected chi connectivity index (χ3v) is 3.25. The number of benzene rings is 2. The number of para-hydroxylation sites is 1. The van der Waals surface area contributed by atoms with Crippen LogP contribution < -0.4 is 15.2 Å². The third kappa shape index (κ3) is 6.93. The Morgan fingerprint density at radius 2 is 1.61 bits per heavy atom. The fourth-order valence-corrected chi connectivity index (χ4v) is 2.30. The Balaban J connectivity index is 0.00000112. The average molecular weight is 338 g/mol. The van der Waals surface area contributed by atoms with Crippen LogP contribution in [0.5, 0.6) is 11.5 Å². The van der Waals surface area contributed by atoms with Crippen LogP contribution in [0.2, 0.25) is 0 Å². The van der Waals surface area contributed by atoms with Crippen molar-refractivity contribution < 1.29 is 9.47 Å². The van der Waals surface area contributed by atoms with Crippen LogP contribution in [0.1, 0.15) is 23.6 Å². The summed E-state index contributed by atoms with van der Waals surface area (Å²) < 4.78 is 10.8. The van der Waals surface area contributed by atoms with E-state index in [-0.39, 0.29) is 12.4 Å². The van der Waals surface area contributed by atoms with E-state index < -0.39 is 0 Å². The first-order valence-electron chi connectivity index (χ1n) is 7.61. The lowest BCUT2D eigenvalue weighted by atomic mass is 10.0. The average Bonchev–Trinajstić information content (AvgIpc) is 2.53. The molecule has 0 spiro atoms. The molecule has 128 valence electrons. The number of hydrogen-bond acceptors (Lipinski definition) is 3. The Bertz CT molecular complexity index is 573. The second-order valence-corrected chi connectivity index (χ2v) is 5.05. The molecule has 0 radical (unpaired) electrons. The summed E-state index contributed by atoms with van der Waals surface area (Å²) in [6.45, 7) is 4.77. The van der Waals surface area contributed by atoms with Gasteiger partial charge in [0.25, 0.3) is 0 Å². The standard InChI is InChI=1S/C17H20O2.C2H7N.ClH/c1-13-6-4-7-14(12-13)10-11-15-8-5-9-16(18-2)17(15)19-3;1-2-3;/h4-9,12H,10-11H2,1-3H3;2-3H2,1H3;1H. The van der Waals surface area contributed by atoms with E-state index in [9.17, 15) is 0 Å². The fraction of sp³-hybridized carbons (Fsp3) is 0.368. The van der Waals surface area contributed by atoms with Gasteiger partial charge in [0.15, 0.2) is 11.5 Å². The van der Waals surface area contributed by atoms with E-state index in [1.165, 1.54) is 16.7 Å². The quantitative estimate of drug-likeness (QED) is 0.890. The molecule has 2 aromatic rings. The van der Waals surface area contributed by atoms with E-state index in [0.29, 0.717) is 0 Å². The van der Waals surface area contributed by atoms with Gasteiger partial charge < -0.3 is 15.2 Å². The molecular weight excluding hydrogens is 310 g/mol. The van der Waals surface area contributed by atoms with Gasteiger partial charge in [0.05, 0.1) is 14.2 Å². The molecule has 2 aromatic carbocycles. The van der Waals surface area contributed by atoms with E-state index in [2.05, 4.69) is 37.3 Å². The zero-order chi connectivity index (χ0) is 16.4. The Morgan fingerprint density at radius 1 is 0.957 bits per heavy atom. The van der Waals surface area contributed by atoms with Gasteiger partial charge >= 0.3 is 0 Å². The van der Waals surface area contributed by atoms with Crippen LogP contribution in [-0.2, 0) is 12.8 Å². The van der Waals surface area contributed by atoms with Crippen molar-refractivity contribution in [3.63, 3.8) is 0 Å². The molecule has 0 aromatic heterocycles. The molecule has 0 aliphatic rings. The highest BCUT2D eigenvalue weighted by atomic mass is 35.5. The molecule has 0 fully saturated rings. The van der Waals surface area contributed by atoms with Crippen molar-refractivity contribution in [3.8, 4) is 11.5 Å². The minimum atomic E-state index is 0. The molecule has 4 heteroatoms. The molecule has 0 amide bonds. The number of rotatable bonds is 5. The zero-order valence-corrected chi connectivity index (χ0v) is 15.3. The van der Waals surface area contributed by atoms with Crippen LogP contribution in [0.3, 0.4) is 0 Å². The van der Waals surface area contributed by atoms with Crippen molar-refractivity contribution in [2.45, 2.75) is 26.7 Å². The summed E-state index contributed by atoms with van der Waals surface area (Å²) in [5, 5.41) is 0. The topological polar surface area (TPSA) is 44.5 Å². The van der Waals surface area contributed by atoms with Gasteiger partial charge in [0.1, 0.15) is 0 Å².